The molecule has 0 unspecified atom stereocenters. The van der Waals surface area contributed by atoms with E-state index >= 15 is 0 Å². The summed E-state index contributed by atoms with van der Waals surface area (Å²) in [6.45, 7) is 3.49. The van der Waals surface area contributed by atoms with Gasteiger partial charge in [-0.2, -0.15) is 13.2 Å². The Kier molecular flexibility index (Phi) is 10.0. The number of aliphatic hydroxyl groups excluding tert-OH is 1. The van der Waals surface area contributed by atoms with Gasteiger partial charge < -0.3 is 19.9 Å². The summed E-state index contributed by atoms with van der Waals surface area (Å²) >= 11 is 5.95. The number of carbonyl (C=O) groups excluding carboxylic acids is 1. The van der Waals surface area contributed by atoms with Crippen LogP contribution in [0.5, 0.6) is 5.75 Å². The number of rotatable bonds is 11. The minimum atomic E-state index is -5.11. The number of benzene rings is 2. The number of likely N-dealkylation sites (tertiary alicyclic amines) is 1. The number of piperidine rings is 1. The van der Waals surface area contributed by atoms with Crippen molar-refractivity contribution in [3.05, 3.63) is 64.7 Å². The average Bonchev–Trinajstić information content (AvgIpc) is 2.84. The zero-order valence-electron chi connectivity index (χ0n) is 20.2. The molecule has 2 N–H and O–H groups in total. The van der Waals surface area contributed by atoms with Gasteiger partial charge in [0.25, 0.3) is 0 Å². The number of hydrogen-bond acceptors (Lipinski definition) is 6. The van der Waals surface area contributed by atoms with Gasteiger partial charge in [-0.05, 0) is 68.6 Å². The van der Waals surface area contributed by atoms with Crippen molar-refractivity contribution in [1.29, 1.82) is 0 Å². The number of ether oxygens (including phenoxy) is 2. The Labute approximate surface area is 214 Å². The van der Waals surface area contributed by atoms with E-state index in [0.717, 1.165) is 38.0 Å². The molecule has 0 spiro atoms. The number of halogens is 4. The maximum atomic E-state index is 13.0. The predicted molar refractivity (Wildman–Crippen MR) is 131 cm³/mol. The standard InChI is InChI=1S/C26H32ClF3N2O4/c1-25(36-24(34)26(28,29)30,18-35-23-5-3-2-4-20(23)12-15-33)17-31-22-10-13-32(14-11-22)16-19-6-8-21(27)9-7-19/h2-9,22,31,33H,10-18H2,1H3/t25-/m0/s1. The smallest absolute Gasteiger partial charge is 0.489 e. The summed E-state index contributed by atoms with van der Waals surface area (Å²) in [5, 5.41) is 13.2. The van der Waals surface area contributed by atoms with Crippen molar-refractivity contribution in [1.82, 2.24) is 10.2 Å². The van der Waals surface area contributed by atoms with Crippen molar-refractivity contribution in [2.45, 2.75) is 50.6 Å². The molecule has 1 fully saturated rings. The van der Waals surface area contributed by atoms with Crippen LogP contribution >= 0.6 is 11.6 Å². The number of para-hydroxylation sites is 1. The van der Waals surface area contributed by atoms with E-state index in [2.05, 4.69) is 10.2 Å². The number of hydrogen-bond donors (Lipinski definition) is 2. The molecule has 0 radical (unpaired) electrons. The number of alkyl halides is 3. The van der Waals surface area contributed by atoms with Crippen LogP contribution in [0, 0.1) is 0 Å². The first kappa shape index (κ1) is 28.2. The highest BCUT2D eigenvalue weighted by Crippen LogP contribution is 2.25. The normalized spacial score (nSPS) is 16.9. The van der Waals surface area contributed by atoms with Crippen LogP contribution in [-0.2, 0) is 22.5 Å². The van der Waals surface area contributed by atoms with Crippen LogP contribution < -0.4 is 10.1 Å². The fourth-order valence-corrected chi connectivity index (χ4v) is 4.23. The third-order valence-electron chi connectivity index (χ3n) is 6.13. The summed E-state index contributed by atoms with van der Waals surface area (Å²) in [6.07, 6.45) is -3.17. The van der Waals surface area contributed by atoms with Crippen LogP contribution in [0.1, 0.15) is 30.9 Å². The SMILES string of the molecule is C[C@](CNC1CCN(Cc2ccc(Cl)cc2)CC1)(COc1ccccc1CCO)OC(=O)C(F)(F)F. The van der Waals surface area contributed by atoms with Gasteiger partial charge >= 0.3 is 12.1 Å². The quantitative estimate of drug-likeness (QED) is 0.422. The third-order valence-corrected chi connectivity index (χ3v) is 6.38. The highest BCUT2D eigenvalue weighted by Gasteiger charge is 2.45. The van der Waals surface area contributed by atoms with E-state index in [9.17, 15) is 23.1 Å². The van der Waals surface area contributed by atoms with Gasteiger partial charge in [-0.25, -0.2) is 4.79 Å². The Hall–Kier alpha value is -2.33. The van der Waals surface area contributed by atoms with Crippen LogP contribution in [-0.4, -0.2) is 66.6 Å². The van der Waals surface area contributed by atoms with Crippen molar-refractivity contribution in [3.63, 3.8) is 0 Å². The lowest BCUT2D eigenvalue weighted by atomic mass is 10.0. The lowest BCUT2D eigenvalue weighted by molar-refractivity contribution is -0.214. The van der Waals surface area contributed by atoms with Gasteiger partial charge in [-0.15, -0.1) is 0 Å². The Morgan fingerprint density at radius 2 is 1.81 bits per heavy atom. The first-order chi connectivity index (χ1) is 17.1. The minimum absolute atomic E-state index is 0.00115. The second-order valence-electron chi connectivity index (χ2n) is 9.26. The zero-order valence-corrected chi connectivity index (χ0v) is 20.9. The van der Waals surface area contributed by atoms with E-state index < -0.39 is 17.7 Å². The molecule has 1 heterocycles. The molecule has 0 aliphatic carbocycles. The molecule has 1 atom stereocenters. The van der Waals surface area contributed by atoms with Crippen molar-refractivity contribution >= 4 is 17.6 Å². The van der Waals surface area contributed by atoms with Crippen molar-refractivity contribution < 1.29 is 32.5 Å². The van der Waals surface area contributed by atoms with Crippen LogP contribution in [0.15, 0.2) is 48.5 Å². The highest BCUT2D eigenvalue weighted by atomic mass is 35.5. The van der Waals surface area contributed by atoms with E-state index in [1.165, 1.54) is 6.92 Å². The van der Waals surface area contributed by atoms with Gasteiger partial charge in [0.15, 0.2) is 5.60 Å². The van der Waals surface area contributed by atoms with Gasteiger partial charge in [0.2, 0.25) is 0 Å². The summed E-state index contributed by atoms with van der Waals surface area (Å²) < 4.78 is 49.6. The molecule has 1 aliphatic heterocycles. The first-order valence-corrected chi connectivity index (χ1v) is 12.3. The molecule has 10 heteroatoms. The van der Waals surface area contributed by atoms with Crippen molar-refractivity contribution in [3.8, 4) is 5.75 Å². The Bertz CT molecular complexity index is 982. The zero-order chi connectivity index (χ0) is 26.2. The van der Waals surface area contributed by atoms with Gasteiger partial charge in [0.05, 0.1) is 0 Å². The van der Waals surface area contributed by atoms with E-state index in [4.69, 9.17) is 21.1 Å². The molecular weight excluding hydrogens is 497 g/mol. The summed E-state index contributed by atoms with van der Waals surface area (Å²) in [4.78, 5) is 14.0. The lowest BCUT2D eigenvalue weighted by Crippen LogP contribution is -2.52. The van der Waals surface area contributed by atoms with E-state index in [-0.39, 0.29) is 25.8 Å². The molecule has 2 aromatic carbocycles. The monoisotopic (exact) mass is 528 g/mol. The fourth-order valence-electron chi connectivity index (χ4n) is 4.10. The molecule has 198 valence electrons. The largest absolute Gasteiger partial charge is 0.490 e. The number of esters is 1. The van der Waals surface area contributed by atoms with Crippen molar-refractivity contribution in [2.24, 2.45) is 0 Å². The van der Waals surface area contributed by atoms with Crippen LogP contribution in [0.3, 0.4) is 0 Å². The summed E-state index contributed by atoms with van der Waals surface area (Å²) in [5.41, 5.74) is 0.320. The number of aliphatic hydroxyl groups is 1. The number of carbonyl (C=O) groups is 1. The summed E-state index contributed by atoms with van der Waals surface area (Å²) in [6, 6.07) is 14.7. The van der Waals surface area contributed by atoms with E-state index in [1.807, 2.05) is 24.3 Å². The fraction of sp³-hybridized carbons (Fsp3) is 0.500. The Balaban J connectivity index is 1.57. The molecule has 0 saturated carbocycles. The Morgan fingerprint density at radius 1 is 1.14 bits per heavy atom. The molecule has 0 amide bonds. The molecule has 3 rings (SSSR count). The lowest BCUT2D eigenvalue weighted by Gasteiger charge is -2.36. The molecule has 6 nitrogen and oxygen atoms in total. The molecule has 1 aliphatic rings. The topological polar surface area (TPSA) is 71.0 Å². The van der Waals surface area contributed by atoms with Gasteiger partial charge in [-0.1, -0.05) is 41.9 Å². The van der Waals surface area contributed by atoms with E-state index in [0.29, 0.717) is 22.8 Å². The number of nitrogens with zero attached hydrogens (tertiary/aromatic N) is 1. The highest BCUT2D eigenvalue weighted by molar-refractivity contribution is 6.30. The molecule has 2 aromatic rings. The summed E-state index contributed by atoms with van der Waals surface area (Å²) in [7, 11) is 0. The van der Waals surface area contributed by atoms with Crippen LogP contribution in [0.2, 0.25) is 5.02 Å². The first-order valence-electron chi connectivity index (χ1n) is 11.9. The maximum absolute atomic E-state index is 13.0. The van der Waals surface area contributed by atoms with Gasteiger partial charge in [0, 0.05) is 30.8 Å². The second-order valence-corrected chi connectivity index (χ2v) is 9.70. The van der Waals surface area contributed by atoms with Crippen LogP contribution in [0.4, 0.5) is 13.2 Å². The van der Waals surface area contributed by atoms with Gasteiger partial charge in [-0.3, -0.25) is 4.90 Å². The van der Waals surface area contributed by atoms with Crippen molar-refractivity contribution in [2.75, 3.05) is 32.8 Å². The van der Waals surface area contributed by atoms with Crippen LogP contribution in [0.25, 0.3) is 0 Å². The molecule has 36 heavy (non-hydrogen) atoms. The average molecular weight is 529 g/mol. The predicted octanol–water partition coefficient (Wildman–Crippen LogP) is 4.37. The molecule has 0 bridgehead atoms. The molecule has 1 saturated heterocycles. The minimum Gasteiger partial charge on any atom is -0.489 e. The third kappa shape index (κ3) is 8.65. The molecular formula is C26H32ClF3N2O4. The maximum Gasteiger partial charge on any atom is 0.490 e. The molecule has 0 aromatic heterocycles. The summed E-state index contributed by atoms with van der Waals surface area (Å²) in [5.74, 6) is -1.83. The Morgan fingerprint density at radius 3 is 2.44 bits per heavy atom. The van der Waals surface area contributed by atoms with E-state index in [1.54, 1.807) is 24.3 Å². The van der Waals surface area contributed by atoms with Gasteiger partial charge in [0.1, 0.15) is 12.4 Å². The second kappa shape index (κ2) is 12.8. The number of nitrogens with one attached hydrogen (secondary N) is 1.